The molecule has 5 heteroatoms. The van der Waals surface area contributed by atoms with E-state index in [4.69, 9.17) is 4.74 Å². The number of fused-ring (bicyclic) bond motifs is 1. The molecule has 3 rings (SSSR count). The van der Waals surface area contributed by atoms with Crippen LogP contribution in [0.2, 0.25) is 0 Å². The van der Waals surface area contributed by atoms with E-state index in [0.717, 1.165) is 30.0 Å². The van der Waals surface area contributed by atoms with Crippen molar-refractivity contribution < 1.29 is 14.3 Å². The molecule has 25 heavy (non-hydrogen) atoms. The lowest BCUT2D eigenvalue weighted by Gasteiger charge is -2.21. The molecule has 2 amide bonds. The zero-order valence-corrected chi connectivity index (χ0v) is 14.8. The summed E-state index contributed by atoms with van der Waals surface area (Å²) in [7, 11) is 0. The van der Waals surface area contributed by atoms with Crippen molar-refractivity contribution in [3.63, 3.8) is 0 Å². The average Bonchev–Trinajstić information content (AvgIpc) is 2.64. The molecule has 0 spiro atoms. The van der Waals surface area contributed by atoms with Gasteiger partial charge in [-0.3, -0.25) is 9.59 Å². The fraction of sp³-hybridized carbons (Fsp3) is 0.600. The first kappa shape index (κ1) is 17.8. The van der Waals surface area contributed by atoms with Crippen LogP contribution in [-0.4, -0.2) is 25.0 Å². The predicted molar refractivity (Wildman–Crippen MR) is 97.7 cm³/mol. The first-order valence-electron chi connectivity index (χ1n) is 9.53. The van der Waals surface area contributed by atoms with E-state index in [9.17, 15) is 9.59 Å². The zero-order chi connectivity index (χ0) is 17.5. The minimum Gasteiger partial charge on any atom is -0.494 e. The summed E-state index contributed by atoms with van der Waals surface area (Å²) in [4.78, 5) is 23.3. The van der Waals surface area contributed by atoms with Crippen molar-refractivity contribution in [3.8, 4) is 5.75 Å². The van der Waals surface area contributed by atoms with Gasteiger partial charge in [0.25, 0.3) is 0 Å². The number of anilines is 1. The molecule has 5 nitrogen and oxygen atoms in total. The Morgan fingerprint density at radius 1 is 1.20 bits per heavy atom. The van der Waals surface area contributed by atoms with Crippen molar-refractivity contribution in [1.82, 2.24) is 5.32 Å². The van der Waals surface area contributed by atoms with Gasteiger partial charge in [-0.2, -0.15) is 0 Å². The minimum absolute atomic E-state index is 0.0698. The Morgan fingerprint density at radius 2 is 2.04 bits per heavy atom. The number of carbonyl (C=O) groups is 2. The first-order chi connectivity index (χ1) is 12.2. The van der Waals surface area contributed by atoms with Gasteiger partial charge in [-0.1, -0.05) is 19.3 Å². The number of aryl methyl sites for hydroxylation is 1. The molecule has 0 bridgehead atoms. The van der Waals surface area contributed by atoms with E-state index >= 15 is 0 Å². The summed E-state index contributed by atoms with van der Waals surface area (Å²) in [6.45, 7) is 1.36. The summed E-state index contributed by atoms with van der Waals surface area (Å²) in [6, 6.07) is 5.74. The Hall–Kier alpha value is -2.04. The molecular formula is C20H28N2O3. The highest BCUT2D eigenvalue weighted by Crippen LogP contribution is 2.27. The molecule has 1 aromatic rings. The lowest BCUT2D eigenvalue weighted by molar-refractivity contribution is -0.121. The maximum Gasteiger partial charge on any atom is 0.224 e. The van der Waals surface area contributed by atoms with Gasteiger partial charge in [-0.15, -0.1) is 0 Å². The third-order valence-electron chi connectivity index (χ3n) is 5.10. The van der Waals surface area contributed by atoms with Crippen LogP contribution in [0, 0.1) is 5.92 Å². The molecule has 0 atom stereocenters. The highest BCUT2D eigenvalue weighted by molar-refractivity contribution is 5.94. The summed E-state index contributed by atoms with van der Waals surface area (Å²) >= 11 is 0. The van der Waals surface area contributed by atoms with Crippen LogP contribution in [0.25, 0.3) is 0 Å². The number of rotatable bonds is 7. The van der Waals surface area contributed by atoms with Crippen molar-refractivity contribution in [1.29, 1.82) is 0 Å². The molecule has 0 unspecified atom stereocenters. The van der Waals surface area contributed by atoms with Crippen molar-refractivity contribution in [2.24, 2.45) is 5.92 Å². The van der Waals surface area contributed by atoms with Crippen LogP contribution in [0.4, 0.5) is 5.69 Å². The summed E-state index contributed by atoms with van der Waals surface area (Å²) in [5.41, 5.74) is 1.99. The molecule has 0 saturated heterocycles. The van der Waals surface area contributed by atoms with Crippen LogP contribution >= 0.6 is 0 Å². The van der Waals surface area contributed by atoms with Crippen LogP contribution in [-0.2, 0) is 16.0 Å². The third-order valence-corrected chi connectivity index (χ3v) is 5.10. The van der Waals surface area contributed by atoms with Crippen LogP contribution in [0.1, 0.15) is 56.9 Å². The van der Waals surface area contributed by atoms with Crippen molar-refractivity contribution in [2.45, 2.75) is 57.8 Å². The van der Waals surface area contributed by atoms with E-state index in [1.54, 1.807) is 0 Å². The van der Waals surface area contributed by atoms with Crippen LogP contribution in [0.3, 0.4) is 0 Å². The molecular weight excluding hydrogens is 316 g/mol. The lowest BCUT2D eigenvalue weighted by atomic mass is 9.89. The molecule has 1 heterocycles. The average molecular weight is 344 g/mol. The fourth-order valence-electron chi connectivity index (χ4n) is 3.61. The second-order valence-corrected chi connectivity index (χ2v) is 7.13. The Kier molecular flexibility index (Phi) is 6.31. The fourth-order valence-corrected chi connectivity index (χ4v) is 3.61. The van der Waals surface area contributed by atoms with E-state index in [2.05, 4.69) is 10.6 Å². The minimum atomic E-state index is 0.0698. The Bertz CT molecular complexity index is 609. The van der Waals surface area contributed by atoms with E-state index in [1.165, 1.54) is 32.1 Å². The number of amides is 2. The summed E-state index contributed by atoms with van der Waals surface area (Å²) in [5.74, 6) is 1.67. The monoisotopic (exact) mass is 344 g/mol. The number of hydrogen-bond acceptors (Lipinski definition) is 3. The SMILES string of the molecule is O=C(CCCOc1ccc2c(c1)CCC(=O)N2)NCC1CCCCC1. The van der Waals surface area contributed by atoms with Crippen LogP contribution in [0.5, 0.6) is 5.75 Å². The number of benzene rings is 1. The maximum absolute atomic E-state index is 11.9. The van der Waals surface area contributed by atoms with Gasteiger partial charge in [0.1, 0.15) is 5.75 Å². The van der Waals surface area contributed by atoms with Gasteiger partial charge in [0.2, 0.25) is 11.8 Å². The number of nitrogens with one attached hydrogen (secondary N) is 2. The molecule has 0 radical (unpaired) electrons. The standard InChI is InChI=1S/C20H28N2O3/c23-19(21-14-15-5-2-1-3-6-15)7-4-12-25-17-9-10-18-16(13-17)8-11-20(24)22-18/h9-10,13,15H,1-8,11-12,14H2,(H,21,23)(H,22,24). The Labute approximate surface area is 149 Å². The van der Waals surface area contributed by atoms with Gasteiger partial charge in [0.15, 0.2) is 0 Å². The van der Waals surface area contributed by atoms with Crippen molar-refractivity contribution >= 4 is 17.5 Å². The number of hydrogen-bond donors (Lipinski definition) is 2. The van der Waals surface area contributed by atoms with Crippen LogP contribution < -0.4 is 15.4 Å². The first-order valence-corrected chi connectivity index (χ1v) is 9.53. The molecule has 1 fully saturated rings. The smallest absolute Gasteiger partial charge is 0.224 e. The van der Waals surface area contributed by atoms with Gasteiger partial charge in [0.05, 0.1) is 6.61 Å². The Morgan fingerprint density at radius 3 is 2.88 bits per heavy atom. The van der Waals surface area contributed by atoms with E-state index in [0.29, 0.717) is 31.8 Å². The zero-order valence-electron chi connectivity index (χ0n) is 14.8. The molecule has 136 valence electrons. The summed E-state index contributed by atoms with van der Waals surface area (Å²) in [5, 5.41) is 5.92. The van der Waals surface area contributed by atoms with Gasteiger partial charge in [0, 0.05) is 25.1 Å². The van der Waals surface area contributed by atoms with E-state index in [1.807, 2.05) is 18.2 Å². The molecule has 2 N–H and O–H groups in total. The number of carbonyl (C=O) groups excluding carboxylic acids is 2. The normalized spacial score (nSPS) is 17.5. The van der Waals surface area contributed by atoms with E-state index in [-0.39, 0.29) is 11.8 Å². The molecule has 2 aliphatic rings. The van der Waals surface area contributed by atoms with Crippen molar-refractivity contribution in [2.75, 3.05) is 18.5 Å². The van der Waals surface area contributed by atoms with Crippen LogP contribution in [0.15, 0.2) is 18.2 Å². The summed E-state index contributed by atoms with van der Waals surface area (Å²) in [6.07, 6.45) is 8.95. The Balaban J connectivity index is 1.33. The van der Waals surface area contributed by atoms with Gasteiger partial charge in [-0.25, -0.2) is 0 Å². The van der Waals surface area contributed by atoms with Gasteiger partial charge >= 0.3 is 0 Å². The maximum atomic E-state index is 11.9. The highest BCUT2D eigenvalue weighted by atomic mass is 16.5. The molecule has 1 aliphatic carbocycles. The molecule has 1 saturated carbocycles. The largest absolute Gasteiger partial charge is 0.494 e. The van der Waals surface area contributed by atoms with Gasteiger partial charge in [-0.05, 0) is 55.4 Å². The highest BCUT2D eigenvalue weighted by Gasteiger charge is 2.15. The van der Waals surface area contributed by atoms with E-state index < -0.39 is 0 Å². The quantitative estimate of drug-likeness (QED) is 0.745. The third kappa shape index (κ3) is 5.48. The number of ether oxygens (including phenoxy) is 1. The second kappa shape index (κ2) is 8.88. The molecule has 1 aliphatic heterocycles. The lowest BCUT2D eigenvalue weighted by Crippen LogP contribution is -2.30. The summed E-state index contributed by atoms with van der Waals surface area (Å²) < 4.78 is 5.75. The predicted octanol–water partition coefficient (Wildman–Crippen LogP) is 3.43. The molecule has 1 aromatic carbocycles. The van der Waals surface area contributed by atoms with Gasteiger partial charge < -0.3 is 15.4 Å². The topological polar surface area (TPSA) is 67.4 Å². The van der Waals surface area contributed by atoms with Crippen molar-refractivity contribution in [3.05, 3.63) is 23.8 Å². The molecule has 0 aromatic heterocycles. The second-order valence-electron chi connectivity index (χ2n) is 7.13.